The second-order valence-corrected chi connectivity index (χ2v) is 25.8. The van der Waals surface area contributed by atoms with E-state index in [1.54, 1.807) is 56.5 Å². The Hall–Kier alpha value is -5.25. The van der Waals surface area contributed by atoms with Gasteiger partial charge in [-0.1, -0.05) is 183 Å². The number of aliphatic imine (C=N–C) groups is 3. The van der Waals surface area contributed by atoms with Gasteiger partial charge in [0, 0.05) is 34.6 Å². The topological polar surface area (TPSA) is 199 Å². The number of hydrogen-bond donors (Lipinski definition) is 1. The molecule has 0 aliphatic heterocycles. The molecular weight excluding hydrogens is 1880 g/mol. The number of ether oxygens (including phenoxy) is 1. The van der Waals surface area contributed by atoms with Gasteiger partial charge in [0.05, 0.1) is 24.2 Å². The maximum absolute atomic E-state index is 10.6. The number of hydrogen-bond acceptors (Lipinski definition) is 12. The molecule has 102 heavy (non-hydrogen) atoms. The quantitative estimate of drug-likeness (QED) is 0.0567. The molecule has 3 saturated carbocycles. The number of anilines is 1. The van der Waals surface area contributed by atoms with E-state index in [1.807, 2.05) is 81.4 Å². The van der Waals surface area contributed by atoms with Crippen LogP contribution >= 0.6 is 28.8 Å². The molecule has 3 aliphatic carbocycles. The second kappa shape index (κ2) is 55.2. The van der Waals surface area contributed by atoms with Crippen molar-refractivity contribution in [3.8, 4) is 11.5 Å². The molecule has 576 valence electrons. The fourth-order valence-corrected chi connectivity index (χ4v) is 12.2. The van der Waals surface area contributed by atoms with Crippen LogP contribution in [0.15, 0.2) is 142 Å². The Morgan fingerprint density at radius 1 is 0.392 bits per heavy atom. The molecule has 0 bridgehead atoms. The Morgan fingerprint density at radius 2 is 0.588 bits per heavy atom. The average Bonchev–Trinajstić information content (AvgIpc) is 1.65. The van der Waals surface area contributed by atoms with Crippen LogP contribution in [0.1, 0.15) is 164 Å². The van der Waals surface area contributed by atoms with Gasteiger partial charge in [0.2, 0.25) is 0 Å². The van der Waals surface area contributed by atoms with Crippen molar-refractivity contribution in [3.63, 3.8) is 0 Å². The zero-order valence-corrected chi connectivity index (χ0v) is 71.8. The van der Waals surface area contributed by atoms with Crippen LogP contribution < -0.4 is 9.64 Å². The van der Waals surface area contributed by atoms with Crippen LogP contribution in [0.25, 0.3) is 0 Å². The molecule has 6 aromatic carbocycles. The van der Waals surface area contributed by atoms with Crippen molar-refractivity contribution in [1.82, 2.24) is 0 Å². The van der Waals surface area contributed by atoms with E-state index in [2.05, 4.69) is 166 Å². The molecule has 1 N–H and O–H groups in total. The van der Waals surface area contributed by atoms with Gasteiger partial charge in [-0.05, 0) is 179 Å². The fraction of sp³-hybridized carbons (Fsp3) is 0.481. The number of benzene rings is 6. The molecule has 9 rings (SSSR count). The van der Waals surface area contributed by atoms with E-state index in [4.69, 9.17) is 4.74 Å². The van der Waals surface area contributed by atoms with Gasteiger partial charge in [0.1, 0.15) is 11.5 Å². The van der Waals surface area contributed by atoms with E-state index in [0.29, 0.717) is 17.0 Å². The fourth-order valence-electron chi connectivity index (χ4n) is 12.2. The predicted octanol–water partition coefficient (Wildman–Crippen LogP) is 25.2. The first-order chi connectivity index (χ1) is 45.3. The van der Waals surface area contributed by atoms with Gasteiger partial charge in [-0.25, -0.2) is 0 Å². The van der Waals surface area contributed by atoms with Gasteiger partial charge >= 0.3 is 82.4 Å². The Bertz CT molecular complexity index is 3130. The van der Waals surface area contributed by atoms with E-state index in [1.165, 1.54) is 90.1 Å². The van der Waals surface area contributed by atoms with Crippen LogP contribution in [-0.2, 0) is 53.7 Å². The summed E-state index contributed by atoms with van der Waals surface area (Å²) < 4.78 is 5.08. The number of halogens is 3. The molecule has 0 atom stereocenters. The van der Waals surface area contributed by atoms with E-state index in [0.717, 1.165) is 134 Å². The van der Waals surface area contributed by atoms with Gasteiger partial charge in [0.25, 0.3) is 0 Å². The molecule has 0 heterocycles. The number of rotatable bonds is 11. The number of non-ortho nitro benzene ring substituents is 3. The second-order valence-electron chi connectivity index (χ2n) is 25.8. The minimum atomic E-state index is -0.466. The standard InChI is InChI=1S/C16H16N3O2.C15H13N2O3.C14H11N2O3.3C10H20.3CH4.3CH3.3ClH.3Ir/c1-12(13-4-8-16(9-5-13)19(20)21)17-14-6-10-15(11-7-14)18(2)3;1-11(12-3-7-14(8-4-12)17(18)19)16-13-5-9-15(20-2)10-6-13;1-10(15-12-4-8-14(17)9-5-12)11-2-6-13(7-3-11)16(18)19;3*1-6-7(2)9(4)10(5)8(6)3;;;;;;;;;;;;/h4,6-11H,1-3H3;3,5-10H,1-2H3;2,4-9,17H,1H3;3*6-10H,1-5H3;3*1H4;3*1H3;3*1H;;;/q3*-1;;;;;;;3*-1;;;;3*+3/p-3. The van der Waals surface area contributed by atoms with Crippen molar-refractivity contribution >= 4 is 85.7 Å². The van der Waals surface area contributed by atoms with Crippen LogP contribution in [0.4, 0.5) is 39.8 Å². The van der Waals surface area contributed by atoms with Crippen LogP contribution in [-0.4, -0.2) is 58.2 Å². The summed E-state index contributed by atoms with van der Waals surface area (Å²) in [6.07, 6.45) is 0. The van der Waals surface area contributed by atoms with E-state index < -0.39 is 14.8 Å². The summed E-state index contributed by atoms with van der Waals surface area (Å²) in [7, 11) is 19.5. The van der Waals surface area contributed by atoms with Crippen molar-refractivity contribution in [2.75, 3.05) is 26.1 Å². The SMILES string of the molecule is C.C.C.CC(=Nc1ccc(N(C)C)cc1)c1[c-]cc([N+](=O)[O-])cc1.CC(=Nc1ccc(O)cc1)c1[c-]cc([N+](=O)[O-])cc1.CC1C(C)C(C)C(C)C1C.CC1C(C)C(C)C(C)C1C.CC1C(C)C(C)C(C)C1C.COc1ccc(N=C(C)c2[c-]cc([N+](=O)[O-])cc2)cc1.[CH3-].[CH3-].[CH3-].[Cl][Ir+2].[Cl][Ir+2].[Cl][Ir+2]. The van der Waals surface area contributed by atoms with E-state index >= 15 is 0 Å². The van der Waals surface area contributed by atoms with Crippen molar-refractivity contribution in [3.05, 3.63) is 215 Å². The molecule has 6 aromatic rings. The van der Waals surface area contributed by atoms with Crippen LogP contribution in [0.3, 0.4) is 0 Å². The first kappa shape index (κ1) is 108. The molecule has 0 aromatic heterocycles. The third kappa shape index (κ3) is 33.9. The number of methoxy groups -OCH3 is 1. The molecule has 0 spiro atoms. The molecular formula is C81H121Cl3Ir3N7O8. The zero-order chi connectivity index (χ0) is 73.4. The van der Waals surface area contributed by atoms with Crippen LogP contribution in [0.2, 0.25) is 0 Å². The molecule has 3 aliphatic rings. The summed E-state index contributed by atoms with van der Waals surface area (Å²) in [5.41, 5.74) is 7.85. The van der Waals surface area contributed by atoms with Crippen LogP contribution in [0.5, 0.6) is 11.5 Å². The number of nitro benzene ring substituents is 3. The summed E-state index contributed by atoms with van der Waals surface area (Å²) in [6, 6.07) is 43.5. The number of phenols is 1. The molecule has 21 heteroatoms. The Kier molecular flexibility index (Phi) is 58.3. The van der Waals surface area contributed by atoms with Gasteiger partial charge in [-0.3, -0.25) is 30.3 Å². The third-order valence-corrected chi connectivity index (χ3v) is 20.8. The van der Waals surface area contributed by atoms with Crippen molar-refractivity contribution in [2.24, 2.45) is 104 Å². The molecule has 0 unspecified atom stereocenters. The van der Waals surface area contributed by atoms with Gasteiger partial charge in [0.15, 0.2) is 17.1 Å². The summed E-state index contributed by atoms with van der Waals surface area (Å²) >= 11 is 4.42. The summed E-state index contributed by atoms with van der Waals surface area (Å²) in [4.78, 5) is 45.7. The Labute approximate surface area is 661 Å². The van der Waals surface area contributed by atoms with Crippen molar-refractivity contribution in [1.29, 1.82) is 0 Å². The first-order valence-electron chi connectivity index (χ1n) is 32.0. The molecule has 3 fully saturated rings. The summed E-state index contributed by atoms with van der Waals surface area (Å²) in [5, 5.41) is 40.9. The summed E-state index contributed by atoms with van der Waals surface area (Å²) in [6.45, 7) is 41.5. The average molecular weight is 2000 g/mol. The van der Waals surface area contributed by atoms with E-state index in [9.17, 15) is 35.4 Å². The van der Waals surface area contributed by atoms with E-state index in [-0.39, 0.29) is 67.4 Å². The minimum absolute atomic E-state index is 0. The first-order valence-corrected chi connectivity index (χ1v) is 40.9. The molecule has 15 nitrogen and oxygen atoms in total. The zero-order valence-electron chi connectivity index (χ0n) is 62.4. The van der Waals surface area contributed by atoms with Gasteiger partial charge in [-0.2, -0.15) is 0 Å². The monoisotopic (exact) mass is 2000 g/mol. The number of phenolic OH excluding ortho intramolecular Hbond substituents is 1. The molecule has 0 amide bonds. The van der Waals surface area contributed by atoms with Gasteiger partial charge in [-0.15, -0.1) is 53.1 Å². The predicted molar refractivity (Wildman–Crippen MR) is 428 cm³/mol. The number of aromatic hydroxyl groups is 1. The van der Waals surface area contributed by atoms with Crippen molar-refractivity contribution < 1.29 is 78.3 Å². The Balaban J connectivity index is -0.000000270. The van der Waals surface area contributed by atoms with Crippen LogP contribution in [0, 0.1) is 160 Å². The third-order valence-electron chi connectivity index (χ3n) is 20.8. The summed E-state index contributed by atoms with van der Waals surface area (Å²) in [5.74, 6) is 15.0. The van der Waals surface area contributed by atoms with Gasteiger partial charge < -0.3 is 52.0 Å². The number of nitro groups is 3. The molecule has 0 saturated heterocycles. The van der Waals surface area contributed by atoms with Crippen molar-refractivity contribution in [2.45, 2.75) is 147 Å². The maximum atomic E-state index is 10.6. The normalized spacial score (nSPS) is 23.1. The Morgan fingerprint density at radius 3 is 0.755 bits per heavy atom. The number of nitrogens with zero attached hydrogens (tertiary/aromatic N) is 7. The molecule has 0 radical (unpaired) electrons.